The smallest absolute Gasteiger partial charge is 0.224 e. The van der Waals surface area contributed by atoms with Gasteiger partial charge in [0.15, 0.2) is 17.3 Å². The van der Waals surface area contributed by atoms with E-state index in [2.05, 4.69) is 47.3 Å². The molecule has 11 heteroatoms. The van der Waals surface area contributed by atoms with E-state index in [0.29, 0.717) is 29.1 Å². The topological polar surface area (TPSA) is 132 Å². The number of aromatic nitrogens is 7. The summed E-state index contributed by atoms with van der Waals surface area (Å²) in [6, 6.07) is 7.66. The predicted octanol–water partition coefficient (Wildman–Crippen LogP) is 3.45. The Balaban J connectivity index is 1.35. The SMILES string of the molecule is CCCC(=O)Nc1cncc(-c2ccc3[nH]nc(-c4nc5c(N6CCN(C)CC6)nccc5[nH]4)c3n2)c1. The minimum absolute atomic E-state index is 0.0303. The number of imidazole rings is 1. The van der Waals surface area contributed by atoms with Crippen molar-refractivity contribution in [3.63, 3.8) is 0 Å². The molecule has 0 radical (unpaired) electrons. The van der Waals surface area contributed by atoms with Crippen molar-refractivity contribution >= 4 is 39.5 Å². The molecule has 37 heavy (non-hydrogen) atoms. The Morgan fingerprint density at radius 3 is 2.76 bits per heavy atom. The van der Waals surface area contributed by atoms with Gasteiger partial charge in [-0.3, -0.25) is 14.9 Å². The Morgan fingerprint density at radius 2 is 1.92 bits per heavy atom. The number of anilines is 2. The molecule has 0 aliphatic carbocycles. The number of carbonyl (C=O) groups excluding carboxylic acids is 1. The number of rotatable bonds is 6. The fraction of sp³-hybridized carbons (Fsp3) is 0.308. The van der Waals surface area contributed by atoms with Gasteiger partial charge in [0.2, 0.25) is 5.91 Å². The average molecular weight is 497 g/mol. The lowest BCUT2D eigenvalue weighted by molar-refractivity contribution is -0.116. The van der Waals surface area contributed by atoms with Gasteiger partial charge in [-0.1, -0.05) is 6.92 Å². The molecule has 11 nitrogen and oxygen atoms in total. The van der Waals surface area contributed by atoms with E-state index in [1.54, 1.807) is 12.4 Å². The van der Waals surface area contributed by atoms with Crippen LogP contribution in [0.4, 0.5) is 11.5 Å². The van der Waals surface area contributed by atoms with Crippen LogP contribution < -0.4 is 10.2 Å². The molecule has 0 atom stereocenters. The first kappa shape index (κ1) is 23.0. The van der Waals surface area contributed by atoms with Crippen molar-refractivity contribution in [2.45, 2.75) is 19.8 Å². The molecule has 3 N–H and O–H groups in total. The number of H-pyrrole nitrogens is 2. The monoisotopic (exact) mass is 496 g/mol. The minimum atomic E-state index is -0.0303. The Labute approximate surface area is 213 Å². The van der Waals surface area contributed by atoms with Crippen molar-refractivity contribution in [1.82, 2.24) is 40.0 Å². The maximum absolute atomic E-state index is 12.0. The number of nitrogens with zero attached hydrogens (tertiary/aromatic N) is 7. The van der Waals surface area contributed by atoms with Crippen LogP contribution in [0.3, 0.4) is 0 Å². The van der Waals surface area contributed by atoms with Gasteiger partial charge in [-0.15, -0.1) is 0 Å². The van der Waals surface area contributed by atoms with Crippen LogP contribution in [-0.2, 0) is 4.79 Å². The first-order valence-electron chi connectivity index (χ1n) is 12.5. The molecule has 1 aliphatic heterocycles. The van der Waals surface area contributed by atoms with Gasteiger partial charge in [-0.2, -0.15) is 5.10 Å². The van der Waals surface area contributed by atoms with Crippen LogP contribution in [0, 0.1) is 0 Å². The zero-order valence-electron chi connectivity index (χ0n) is 20.8. The Bertz CT molecular complexity index is 1580. The molecule has 0 aromatic carbocycles. The summed E-state index contributed by atoms with van der Waals surface area (Å²) in [4.78, 5) is 38.8. The van der Waals surface area contributed by atoms with Crippen LogP contribution in [0.25, 0.3) is 44.8 Å². The molecule has 1 amide bonds. The Kier molecular flexibility index (Phi) is 5.97. The number of piperazine rings is 1. The third-order valence-electron chi connectivity index (χ3n) is 6.61. The quantitative estimate of drug-likeness (QED) is 0.326. The standard InChI is InChI=1S/C26H28N10O/c1-3-4-21(37)29-17-13-16(14-27-15-17)18-5-6-20-22(30-18)24(34-33-20)25-31-19-7-8-28-26(23(19)32-25)36-11-9-35(2)10-12-36/h5-8,13-15H,3-4,9-12H2,1-2H3,(H,29,37)(H,31,32)(H,33,34). The van der Waals surface area contributed by atoms with E-state index in [1.807, 2.05) is 37.4 Å². The summed E-state index contributed by atoms with van der Waals surface area (Å²) in [5.41, 5.74) is 6.05. The number of hydrogen-bond acceptors (Lipinski definition) is 8. The summed E-state index contributed by atoms with van der Waals surface area (Å²) < 4.78 is 0. The number of fused-ring (bicyclic) bond motifs is 2. The van der Waals surface area contributed by atoms with Crippen molar-refractivity contribution in [3.8, 4) is 22.8 Å². The number of likely N-dealkylation sites (N-methyl/N-ethyl adjacent to an activating group) is 1. The van der Waals surface area contributed by atoms with Gasteiger partial charge in [0.1, 0.15) is 11.0 Å². The summed E-state index contributed by atoms with van der Waals surface area (Å²) in [6.07, 6.45) is 6.44. The predicted molar refractivity (Wildman–Crippen MR) is 143 cm³/mol. The summed E-state index contributed by atoms with van der Waals surface area (Å²) in [5.74, 6) is 1.49. The highest BCUT2D eigenvalue weighted by Crippen LogP contribution is 2.30. The molecule has 0 spiro atoms. The van der Waals surface area contributed by atoms with E-state index in [4.69, 9.17) is 9.97 Å². The highest BCUT2D eigenvalue weighted by Gasteiger charge is 2.21. The molecule has 6 heterocycles. The second-order valence-electron chi connectivity index (χ2n) is 9.33. The van der Waals surface area contributed by atoms with Crippen LogP contribution in [-0.4, -0.2) is 79.2 Å². The van der Waals surface area contributed by atoms with Gasteiger partial charge in [-0.05, 0) is 37.7 Å². The maximum Gasteiger partial charge on any atom is 0.224 e. The van der Waals surface area contributed by atoms with Crippen molar-refractivity contribution in [3.05, 3.63) is 42.9 Å². The van der Waals surface area contributed by atoms with Gasteiger partial charge >= 0.3 is 0 Å². The Morgan fingerprint density at radius 1 is 1.05 bits per heavy atom. The third kappa shape index (κ3) is 4.49. The zero-order chi connectivity index (χ0) is 25.4. The Hall–Kier alpha value is -4.38. The first-order valence-corrected chi connectivity index (χ1v) is 12.5. The molecule has 0 saturated carbocycles. The normalized spacial score (nSPS) is 14.5. The lowest BCUT2D eigenvalue weighted by Crippen LogP contribution is -2.44. The highest BCUT2D eigenvalue weighted by atomic mass is 16.1. The molecule has 0 unspecified atom stereocenters. The van der Waals surface area contributed by atoms with E-state index in [-0.39, 0.29) is 5.91 Å². The van der Waals surface area contributed by atoms with Crippen LogP contribution in [0.1, 0.15) is 19.8 Å². The summed E-state index contributed by atoms with van der Waals surface area (Å²) in [7, 11) is 2.14. The van der Waals surface area contributed by atoms with Gasteiger partial charge in [0, 0.05) is 50.6 Å². The molecule has 5 aromatic heterocycles. The average Bonchev–Trinajstić information content (AvgIpc) is 3.53. The van der Waals surface area contributed by atoms with E-state index in [0.717, 1.165) is 66.2 Å². The van der Waals surface area contributed by atoms with E-state index >= 15 is 0 Å². The van der Waals surface area contributed by atoms with E-state index < -0.39 is 0 Å². The van der Waals surface area contributed by atoms with E-state index in [1.165, 1.54) is 0 Å². The van der Waals surface area contributed by atoms with Crippen molar-refractivity contribution in [1.29, 1.82) is 0 Å². The van der Waals surface area contributed by atoms with Crippen molar-refractivity contribution in [2.24, 2.45) is 0 Å². The maximum atomic E-state index is 12.0. The number of pyridine rings is 3. The van der Waals surface area contributed by atoms with Crippen molar-refractivity contribution < 1.29 is 4.79 Å². The summed E-state index contributed by atoms with van der Waals surface area (Å²) >= 11 is 0. The molecule has 188 valence electrons. The zero-order valence-corrected chi connectivity index (χ0v) is 20.8. The number of carbonyl (C=O) groups is 1. The number of amides is 1. The lowest BCUT2D eigenvalue weighted by Gasteiger charge is -2.33. The number of nitrogens with one attached hydrogen (secondary N) is 3. The van der Waals surface area contributed by atoms with Gasteiger partial charge < -0.3 is 20.1 Å². The molecule has 5 aromatic rings. The number of aromatic amines is 2. The molecular weight excluding hydrogens is 468 g/mol. The first-order chi connectivity index (χ1) is 18.1. The van der Waals surface area contributed by atoms with Gasteiger partial charge in [0.25, 0.3) is 0 Å². The largest absolute Gasteiger partial charge is 0.352 e. The molecule has 6 rings (SSSR count). The fourth-order valence-electron chi connectivity index (χ4n) is 4.61. The second kappa shape index (κ2) is 9.58. The second-order valence-corrected chi connectivity index (χ2v) is 9.33. The van der Waals surface area contributed by atoms with Gasteiger partial charge in [-0.25, -0.2) is 15.0 Å². The molecule has 1 saturated heterocycles. The summed E-state index contributed by atoms with van der Waals surface area (Å²) in [5, 5.41) is 10.5. The summed E-state index contributed by atoms with van der Waals surface area (Å²) in [6.45, 7) is 5.77. The molecule has 0 bridgehead atoms. The molecular formula is C26H28N10O. The molecule has 1 aliphatic rings. The lowest BCUT2D eigenvalue weighted by atomic mass is 10.1. The van der Waals surface area contributed by atoms with Crippen LogP contribution in [0.15, 0.2) is 42.9 Å². The molecule has 1 fully saturated rings. The van der Waals surface area contributed by atoms with Crippen LogP contribution >= 0.6 is 0 Å². The van der Waals surface area contributed by atoms with Crippen LogP contribution in [0.5, 0.6) is 0 Å². The fourth-order valence-corrected chi connectivity index (χ4v) is 4.61. The van der Waals surface area contributed by atoms with E-state index in [9.17, 15) is 4.79 Å². The minimum Gasteiger partial charge on any atom is -0.352 e. The van der Waals surface area contributed by atoms with Crippen molar-refractivity contribution in [2.75, 3.05) is 43.4 Å². The van der Waals surface area contributed by atoms with Crippen LogP contribution in [0.2, 0.25) is 0 Å². The highest BCUT2D eigenvalue weighted by molar-refractivity contribution is 5.94. The van der Waals surface area contributed by atoms with Gasteiger partial charge in [0.05, 0.1) is 28.6 Å². The number of hydrogen-bond donors (Lipinski definition) is 3. The third-order valence-corrected chi connectivity index (χ3v) is 6.61.